The Labute approximate surface area is 157 Å². The summed E-state index contributed by atoms with van der Waals surface area (Å²) in [7, 11) is 0. The Morgan fingerprint density at radius 1 is 1.11 bits per heavy atom. The van der Waals surface area contributed by atoms with Crippen molar-refractivity contribution >= 4 is 0 Å². The molecule has 0 fully saturated rings. The summed E-state index contributed by atoms with van der Waals surface area (Å²) in [5.41, 5.74) is 4.80. The molecule has 0 bridgehead atoms. The van der Waals surface area contributed by atoms with E-state index in [1.54, 1.807) is 12.1 Å². The van der Waals surface area contributed by atoms with Crippen molar-refractivity contribution in [3.05, 3.63) is 53.1 Å². The minimum absolute atomic E-state index is 0.390. The molecule has 136 valence electrons. The lowest BCUT2D eigenvalue weighted by molar-refractivity contribution is 0.339. The van der Waals surface area contributed by atoms with Crippen LogP contribution in [0.5, 0.6) is 5.75 Å². The summed E-state index contributed by atoms with van der Waals surface area (Å²) in [6, 6.07) is 13.8. The van der Waals surface area contributed by atoms with E-state index in [0.29, 0.717) is 35.2 Å². The Hall–Kier alpha value is -3.17. The molecule has 6 heteroatoms. The summed E-state index contributed by atoms with van der Waals surface area (Å²) in [5, 5.41) is 16.9. The molecule has 2 heterocycles. The lowest BCUT2D eigenvalue weighted by Crippen LogP contribution is -2.16. The lowest BCUT2D eigenvalue weighted by Gasteiger charge is -2.06. The van der Waals surface area contributed by atoms with Crippen molar-refractivity contribution in [1.82, 2.24) is 15.5 Å². The van der Waals surface area contributed by atoms with Gasteiger partial charge in [-0.15, -0.1) is 0 Å². The fourth-order valence-electron chi connectivity index (χ4n) is 3.30. The zero-order valence-electron chi connectivity index (χ0n) is 15.2. The van der Waals surface area contributed by atoms with Crippen LogP contribution in [0.2, 0.25) is 0 Å². The maximum absolute atomic E-state index is 9.33. The minimum Gasteiger partial charge on any atom is -0.492 e. The van der Waals surface area contributed by atoms with Crippen LogP contribution in [0.15, 0.2) is 40.9 Å². The van der Waals surface area contributed by atoms with E-state index < -0.39 is 0 Å². The highest BCUT2D eigenvalue weighted by molar-refractivity contribution is 5.64. The third-order valence-corrected chi connectivity index (χ3v) is 4.68. The SMILES string of the molecule is CCOc1ccc(-c2nc(-c3ccc4c(c3)CCNCC4)no2)cc1C#N. The molecule has 0 saturated carbocycles. The average Bonchev–Trinajstić information content (AvgIpc) is 3.07. The first-order valence-corrected chi connectivity index (χ1v) is 9.12. The molecule has 0 unspecified atom stereocenters. The number of benzene rings is 2. The van der Waals surface area contributed by atoms with Gasteiger partial charge in [-0.1, -0.05) is 17.3 Å². The Morgan fingerprint density at radius 3 is 2.74 bits per heavy atom. The number of nitrogens with one attached hydrogen (secondary N) is 1. The van der Waals surface area contributed by atoms with Crippen molar-refractivity contribution in [1.29, 1.82) is 5.26 Å². The van der Waals surface area contributed by atoms with Crippen molar-refractivity contribution < 1.29 is 9.26 Å². The number of rotatable bonds is 4. The second-order valence-corrected chi connectivity index (χ2v) is 6.41. The summed E-state index contributed by atoms with van der Waals surface area (Å²) in [6.45, 7) is 4.39. The molecule has 4 rings (SSSR count). The number of fused-ring (bicyclic) bond motifs is 1. The monoisotopic (exact) mass is 360 g/mol. The maximum atomic E-state index is 9.33. The van der Waals surface area contributed by atoms with E-state index in [9.17, 15) is 5.26 Å². The van der Waals surface area contributed by atoms with Crippen LogP contribution in [0, 0.1) is 11.3 Å². The van der Waals surface area contributed by atoms with Crippen LogP contribution in [0.1, 0.15) is 23.6 Å². The molecule has 0 saturated heterocycles. The zero-order valence-corrected chi connectivity index (χ0v) is 15.2. The molecule has 2 aromatic carbocycles. The second-order valence-electron chi connectivity index (χ2n) is 6.41. The topological polar surface area (TPSA) is 84.0 Å². The standard InChI is InChI=1S/C21H20N4O2/c1-2-26-19-6-5-17(12-18(19)13-22)21-24-20(25-27-21)16-4-3-14-7-9-23-10-8-15(14)11-16/h3-6,11-12,23H,2,7-10H2,1H3. The van der Waals surface area contributed by atoms with E-state index in [1.807, 2.05) is 19.1 Å². The zero-order chi connectivity index (χ0) is 18.6. The van der Waals surface area contributed by atoms with Crippen LogP contribution in [0.25, 0.3) is 22.8 Å². The predicted octanol–water partition coefficient (Wildman–Crippen LogP) is 3.36. The highest BCUT2D eigenvalue weighted by Crippen LogP contribution is 2.28. The summed E-state index contributed by atoms with van der Waals surface area (Å²) in [5.74, 6) is 1.50. The Kier molecular flexibility index (Phi) is 4.86. The Balaban J connectivity index is 1.64. The fraction of sp³-hybridized carbons (Fsp3) is 0.286. The molecule has 1 aromatic heterocycles. The molecular weight excluding hydrogens is 340 g/mol. The summed E-state index contributed by atoms with van der Waals surface area (Å²) >= 11 is 0. The number of ether oxygens (including phenoxy) is 1. The molecule has 1 aliphatic heterocycles. The minimum atomic E-state index is 0.390. The van der Waals surface area contributed by atoms with E-state index in [2.05, 4.69) is 33.7 Å². The second kappa shape index (κ2) is 7.60. The predicted molar refractivity (Wildman–Crippen MR) is 101 cm³/mol. The summed E-state index contributed by atoms with van der Waals surface area (Å²) < 4.78 is 10.9. The lowest BCUT2D eigenvalue weighted by atomic mass is 10.00. The van der Waals surface area contributed by atoms with Gasteiger partial charge < -0.3 is 14.6 Å². The van der Waals surface area contributed by atoms with Gasteiger partial charge in [0.05, 0.1) is 12.2 Å². The highest BCUT2D eigenvalue weighted by atomic mass is 16.5. The van der Waals surface area contributed by atoms with E-state index in [4.69, 9.17) is 9.26 Å². The van der Waals surface area contributed by atoms with Gasteiger partial charge in [0, 0.05) is 11.1 Å². The first kappa shape index (κ1) is 17.3. The van der Waals surface area contributed by atoms with Gasteiger partial charge in [-0.25, -0.2) is 0 Å². The number of hydrogen-bond donors (Lipinski definition) is 1. The summed E-state index contributed by atoms with van der Waals surface area (Å²) in [4.78, 5) is 4.53. The Bertz CT molecular complexity index is 1000. The number of nitriles is 1. The largest absolute Gasteiger partial charge is 0.492 e. The molecule has 0 atom stereocenters. The first-order valence-electron chi connectivity index (χ1n) is 9.12. The number of hydrogen-bond acceptors (Lipinski definition) is 6. The maximum Gasteiger partial charge on any atom is 0.258 e. The molecule has 0 spiro atoms. The van der Waals surface area contributed by atoms with Crippen molar-refractivity contribution in [3.8, 4) is 34.7 Å². The van der Waals surface area contributed by atoms with Gasteiger partial charge in [0.15, 0.2) is 0 Å². The van der Waals surface area contributed by atoms with Crippen LogP contribution in [0.3, 0.4) is 0 Å². The van der Waals surface area contributed by atoms with E-state index in [0.717, 1.165) is 31.5 Å². The molecule has 0 amide bonds. The average molecular weight is 360 g/mol. The molecular formula is C21H20N4O2. The molecule has 0 radical (unpaired) electrons. The molecule has 1 N–H and O–H groups in total. The van der Waals surface area contributed by atoms with Crippen molar-refractivity contribution in [2.75, 3.05) is 19.7 Å². The quantitative estimate of drug-likeness (QED) is 0.768. The van der Waals surface area contributed by atoms with Crippen LogP contribution >= 0.6 is 0 Å². The van der Waals surface area contributed by atoms with Crippen molar-refractivity contribution in [2.45, 2.75) is 19.8 Å². The van der Waals surface area contributed by atoms with Crippen LogP contribution in [-0.4, -0.2) is 29.8 Å². The van der Waals surface area contributed by atoms with Crippen LogP contribution in [0.4, 0.5) is 0 Å². The van der Waals surface area contributed by atoms with Gasteiger partial charge in [-0.2, -0.15) is 10.2 Å². The number of aromatic nitrogens is 2. The summed E-state index contributed by atoms with van der Waals surface area (Å²) in [6.07, 6.45) is 2.04. The molecule has 1 aliphatic rings. The van der Waals surface area contributed by atoms with E-state index in [1.165, 1.54) is 11.1 Å². The van der Waals surface area contributed by atoms with Gasteiger partial charge in [0.1, 0.15) is 11.8 Å². The third kappa shape index (κ3) is 3.55. The molecule has 3 aromatic rings. The Morgan fingerprint density at radius 2 is 1.93 bits per heavy atom. The van der Waals surface area contributed by atoms with E-state index in [-0.39, 0.29) is 0 Å². The molecule has 27 heavy (non-hydrogen) atoms. The first-order chi connectivity index (χ1) is 13.3. The van der Waals surface area contributed by atoms with E-state index >= 15 is 0 Å². The highest BCUT2D eigenvalue weighted by Gasteiger charge is 2.15. The molecule has 0 aliphatic carbocycles. The fourth-order valence-corrected chi connectivity index (χ4v) is 3.30. The van der Waals surface area contributed by atoms with Gasteiger partial charge >= 0.3 is 0 Å². The third-order valence-electron chi connectivity index (χ3n) is 4.68. The van der Waals surface area contributed by atoms with Gasteiger partial charge in [-0.3, -0.25) is 0 Å². The molecule has 6 nitrogen and oxygen atoms in total. The van der Waals surface area contributed by atoms with Crippen molar-refractivity contribution in [2.24, 2.45) is 0 Å². The number of nitrogens with zero attached hydrogens (tertiary/aromatic N) is 3. The van der Waals surface area contributed by atoms with Crippen LogP contribution in [-0.2, 0) is 12.8 Å². The smallest absolute Gasteiger partial charge is 0.258 e. The van der Waals surface area contributed by atoms with Gasteiger partial charge in [0.2, 0.25) is 5.82 Å². The van der Waals surface area contributed by atoms with Gasteiger partial charge in [-0.05, 0) is 68.2 Å². The van der Waals surface area contributed by atoms with Gasteiger partial charge in [0.25, 0.3) is 5.89 Å². The van der Waals surface area contributed by atoms with Crippen LogP contribution < -0.4 is 10.1 Å². The normalized spacial score (nSPS) is 13.5. The van der Waals surface area contributed by atoms with Crippen molar-refractivity contribution in [3.63, 3.8) is 0 Å².